The van der Waals surface area contributed by atoms with Gasteiger partial charge in [0.05, 0.1) is 23.3 Å². The Morgan fingerprint density at radius 1 is 1.00 bits per heavy atom. The van der Waals surface area contributed by atoms with Crippen molar-refractivity contribution in [1.29, 1.82) is 0 Å². The maximum absolute atomic E-state index is 4.86. The van der Waals surface area contributed by atoms with Crippen LogP contribution < -0.4 is 0 Å². The van der Waals surface area contributed by atoms with Crippen molar-refractivity contribution in [2.45, 2.75) is 26.2 Å². The summed E-state index contributed by atoms with van der Waals surface area (Å²) < 4.78 is 1.92. The first-order chi connectivity index (χ1) is 11.1. The third-order valence-corrected chi connectivity index (χ3v) is 4.52. The van der Waals surface area contributed by atoms with Crippen molar-refractivity contribution in [1.82, 2.24) is 9.78 Å². The van der Waals surface area contributed by atoms with Gasteiger partial charge in [0, 0.05) is 17.2 Å². The van der Waals surface area contributed by atoms with Crippen LogP contribution in [-0.4, -0.2) is 15.5 Å². The first kappa shape index (κ1) is 13.9. The molecule has 114 valence electrons. The normalized spacial score (nSPS) is 15.3. The molecule has 0 aliphatic carbocycles. The molecule has 0 amide bonds. The Morgan fingerprint density at radius 2 is 1.83 bits per heavy atom. The number of aliphatic imine (C=N–C) groups is 1. The third kappa shape index (κ3) is 2.20. The van der Waals surface area contributed by atoms with Gasteiger partial charge in [-0.2, -0.15) is 5.10 Å². The van der Waals surface area contributed by atoms with Crippen LogP contribution in [-0.2, 0) is 5.41 Å². The number of para-hydroxylation sites is 1. The first-order valence-corrected chi connectivity index (χ1v) is 7.86. The number of hydrogen-bond acceptors (Lipinski definition) is 2. The molecule has 0 atom stereocenters. The van der Waals surface area contributed by atoms with Crippen molar-refractivity contribution < 1.29 is 0 Å². The van der Waals surface area contributed by atoms with Gasteiger partial charge in [0.2, 0.25) is 0 Å². The van der Waals surface area contributed by atoms with Crippen LogP contribution in [0.5, 0.6) is 0 Å². The number of aryl methyl sites for hydroxylation is 1. The van der Waals surface area contributed by atoms with Crippen LogP contribution in [0.1, 0.15) is 30.5 Å². The predicted molar refractivity (Wildman–Crippen MR) is 94.0 cm³/mol. The Labute approximate surface area is 136 Å². The summed E-state index contributed by atoms with van der Waals surface area (Å²) in [7, 11) is 0. The zero-order valence-electron chi connectivity index (χ0n) is 13.6. The van der Waals surface area contributed by atoms with Gasteiger partial charge >= 0.3 is 0 Å². The zero-order valence-corrected chi connectivity index (χ0v) is 13.6. The highest BCUT2D eigenvalue weighted by atomic mass is 15.3. The lowest BCUT2D eigenvalue weighted by molar-refractivity contribution is 0.737. The smallest absolute Gasteiger partial charge is 0.0675 e. The van der Waals surface area contributed by atoms with Gasteiger partial charge in [0.15, 0.2) is 0 Å². The van der Waals surface area contributed by atoms with E-state index in [-0.39, 0.29) is 5.41 Å². The summed E-state index contributed by atoms with van der Waals surface area (Å²) >= 11 is 0. The van der Waals surface area contributed by atoms with Crippen LogP contribution in [0.2, 0.25) is 0 Å². The minimum Gasteiger partial charge on any atom is -0.251 e. The summed E-state index contributed by atoms with van der Waals surface area (Å²) in [4.78, 5) is 4.86. The zero-order chi connectivity index (χ0) is 16.0. The van der Waals surface area contributed by atoms with Crippen molar-refractivity contribution in [2.24, 2.45) is 4.99 Å². The van der Waals surface area contributed by atoms with E-state index in [9.17, 15) is 0 Å². The number of benzene rings is 2. The summed E-state index contributed by atoms with van der Waals surface area (Å²) in [6.45, 7) is 6.54. The molecule has 1 aromatic heterocycles. The Balaban J connectivity index is 1.76. The lowest BCUT2D eigenvalue weighted by Crippen LogP contribution is -2.26. The topological polar surface area (TPSA) is 30.2 Å². The molecule has 4 rings (SSSR count). The molecule has 23 heavy (non-hydrogen) atoms. The van der Waals surface area contributed by atoms with E-state index in [2.05, 4.69) is 74.5 Å². The second-order valence-electron chi connectivity index (χ2n) is 6.62. The van der Waals surface area contributed by atoms with E-state index >= 15 is 0 Å². The highest BCUT2D eigenvalue weighted by Crippen LogP contribution is 2.41. The minimum atomic E-state index is -0.100. The molecule has 3 nitrogen and oxygen atoms in total. The number of fused-ring (bicyclic) bond motifs is 1. The summed E-state index contributed by atoms with van der Waals surface area (Å²) in [6.07, 6.45) is 3.98. The summed E-state index contributed by atoms with van der Waals surface area (Å²) in [5.74, 6) is 0. The van der Waals surface area contributed by atoms with Crippen LogP contribution in [0.25, 0.3) is 5.69 Å². The molecular formula is C20H19N3. The molecule has 2 heterocycles. The molecule has 0 bridgehead atoms. The summed E-state index contributed by atoms with van der Waals surface area (Å²) in [5.41, 5.74) is 6.70. The quantitative estimate of drug-likeness (QED) is 0.680. The van der Waals surface area contributed by atoms with Gasteiger partial charge in [0.1, 0.15) is 0 Å². The maximum atomic E-state index is 4.86. The van der Waals surface area contributed by atoms with E-state index in [0.29, 0.717) is 0 Å². The van der Waals surface area contributed by atoms with Crippen LogP contribution >= 0.6 is 0 Å². The highest BCUT2D eigenvalue weighted by molar-refractivity contribution is 6.12. The van der Waals surface area contributed by atoms with E-state index in [1.54, 1.807) is 0 Å². The molecule has 0 N–H and O–H groups in total. The Kier molecular flexibility index (Phi) is 2.98. The standard InChI is InChI=1S/C20H19N3/c1-14-7-6-8-16(11-14)23-13-15(12-21-23)19-20(2,3)17-9-4-5-10-18(17)22-19/h4-13H,1-3H3. The van der Waals surface area contributed by atoms with Crippen LogP contribution in [0.15, 0.2) is 65.9 Å². The van der Waals surface area contributed by atoms with Gasteiger partial charge in [-0.05, 0) is 36.2 Å². The average molecular weight is 301 g/mol. The highest BCUT2D eigenvalue weighted by Gasteiger charge is 2.36. The van der Waals surface area contributed by atoms with E-state index in [1.165, 1.54) is 11.1 Å². The lowest BCUT2D eigenvalue weighted by Gasteiger charge is -2.21. The Hall–Kier alpha value is -2.68. The summed E-state index contributed by atoms with van der Waals surface area (Å²) in [6, 6.07) is 16.7. The molecule has 0 saturated heterocycles. The van der Waals surface area contributed by atoms with Crippen molar-refractivity contribution in [3.8, 4) is 5.69 Å². The van der Waals surface area contributed by atoms with Crippen molar-refractivity contribution in [2.75, 3.05) is 0 Å². The SMILES string of the molecule is Cc1cccc(-n2cc(C3=Nc4ccccc4C3(C)C)cn2)c1. The van der Waals surface area contributed by atoms with Crippen LogP contribution in [0, 0.1) is 6.92 Å². The second-order valence-corrected chi connectivity index (χ2v) is 6.62. The summed E-state index contributed by atoms with van der Waals surface area (Å²) in [5, 5.41) is 4.54. The molecule has 1 aliphatic heterocycles. The van der Waals surface area contributed by atoms with Gasteiger partial charge < -0.3 is 0 Å². The Bertz CT molecular complexity index is 916. The first-order valence-electron chi connectivity index (χ1n) is 7.86. The molecule has 2 aromatic carbocycles. The van der Waals surface area contributed by atoms with Gasteiger partial charge in [0.25, 0.3) is 0 Å². The number of nitrogens with zero attached hydrogens (tertiary/aromatic N) is 3. The minimum absolute atomic E-state index is 0.100. The largest absolute Gasteiger partial charge is 0.251 e. The maximum Gasteiger partial charge on any atom is 0.0675 e. The number of aromatic nitrogens is 2. The van der Waals surface area contributed by atoms with Crippen LogP contribution in [0.4, 0.5) is 5.69 Å². The monoisotopic (exact) mass is 301 g/mol. The predicted octanol–water partition coefficient (Wildman–Crippen LogP) is 4.59. The Morgan fingerprint density at radius 3 is 2.61 bits per heavy atom. The molecule has 0 spiro atoms. The van der Waals surface area contributed by atoms with E-state index in [1.807, 2.05) is 16.9 Å². The van der Waals surface area contributed by atoms with Gasteiger partial charge in [-0.1, -0.05) is 44.2 Å². The molecule has 0 saturated carbocycles. The van der Waals surface area contributed by atoms with E-state index in [4.69, 9.17) is 4.99 Å². The molecule has 0 unspecified atom stereocenters. The third-order valence-electron chi connectivity index (χ3n) is 4.52. The average Bonchev–Trinajstić information content (AvgIpc) is 3.11. The fourth-order valence-corrected chi connectivity index (χ4v) is 3.27. The fourth-order valence-electron chi connectivity index (χ4n) is 3.27. The molecule has 3 heteroatoms. The van der Waals surface area contributed by atoms with Crippen molar-refractivity contribution in [3.63, 3.8) is 0 Å². The fraction of sp³-hybridized carbons (Fsp3) is 0.200. The van der Waals surface area contributed by atoms with Gasteiger partial charge in [-0.3, -0.25) is 4.99 Å². The number of rotatable bonds is 2. The van der Waals surface area contributed by atoms with Crippen LogP contribution in [0.3, 0.4) is 0 Å². The molecule has 0 fully saturated rings. The molecular weight excluding hydrogens is 282 g/mol. The van der Waals surface area contributed by atoms with Crippen molar-refractivity contribution in [3.05, 3.63) is 77.6 Å². The van der Waals surface area contributed by atoms with Gasteiger partial charge in [-0.15, -0.1) is 0 Å². The van der Waals surface area contributed by atoms with E-state index in [0.717, 1.165) is 22.6 Å². The van der Waals surface area contributed by atoms with E-state index < -0.39 is 0 Å². The number of hydrogen-bond donors (Lipinski definition) is 0. The molecule has 3 aromatic rings. The second kappa shape index (κ2) is 4.92. The molecule has 0 radical (unpaired) electrons. The molecule has 1 aliphatic rings. The van der Waals surface area contributed by atoms with Gasteiger partial charge in [-0.25, -0.2) is 4.68 Å². The van der Waals surface area contributed by atoms with Crippen molar-refractivity contribution >= 4 is 11.4 Å². The lowest BCUT2D eigenvalue weighted by atomic mass is 9.80.